The maximum Gasteiger partial charge on any atom is 0.311 e. The van der Waals surface area contributed by atoms with Crippen molar-refractivity contribution in [1.29, 1.82) is 0 Å². The number of hydrogen-bond donors (Lipinski definition) is 0. The number of carbonyl (C=O) groups is 1. The number of ether oxygens (including phenoxy) is 1. The molecule has 0 saturated heterocycles. The zero-order chi connectivity index (χ0) is 14.4. The van der Waals surface area contributed by atoms with Crippen molar-refractivity contribution in [2.75, 3.05) is 39.2 Å². The molecule has 1 rings (SSSR count). The maximum absolute atomic E-state index is 11.2. The van der Waals surface area contributed by atoms with Crippen molar-refractivity contribution in [3.8, 4) is 0 Å². The van der Waals surface area contributed by atoms with Crippen LogP contribution in [0.3, 0.4) is 0 Å². The molecule has 1 aromatic rings. The Morgan fingerprint density at radius 1 is 1.53 bits per heavy atom. The molecule has 1 atom stereocenters. The zero-order valence-electron chi connectivity index (χ0n) is 12.3. The van der Waals surface area contributed by atoms with Gasteiger partial charge in [-0.15, -0.1) is 11.3 Å². The molecular formula is C13H23N3O2S. The predicted octanol–water partition coefficient (Wildman–Crippen LogP) is 1.64. The van der Waals surface area contributed by atoms with Crippen LogP contribution in [0.5, 0.6) is 0 Å². The van der Waals surface area contributed by atoms with Crippen molar-refractivity contribution in [1.82, 2.24) is 9.88 Å². The minimum atomic E-state index is -0.249. The fourth-order valence-corrected chi connectivity index (χ4v) is 2.98. The largest absolute Gasteiger partial charge is 0.469 e. The maximum atomic E-state index is 11.2. The quantitative estimate of drug-likeness (QED) is 0.713. The van der Waals surface area contributed by atoms with Gasteiger partial charge in [0.1, 0.15) is 0 Å². The summed E-state index contributed by atoms with van der Waals surface area (Å²) >= 11 is 1.58. The topological polar surface area (TPSA) is 45.7 Å². The first kappa shape index (κ1) is 15.9. The number of likely N-dealkylation sites (N-methyl/N-ethyl adjacent to an activating group) is 2. The molecule has 0 aliphatic carbocycles. The van der Waals surface area contributed by atoms with Gasteiger partial charge in [-0.1, -0.05) is 0 Å². The van der Waals surface area contributed by atoms with Crippen molar-refractivity contribution < 1.29 is 9.53 Å². The van der Waals surface area contributed by atoms with Gasteiger partial charge < -0.3 is 14.5 Å². The summed E-state index contributed by atoms with van der Waals surface area (Å²) in [4.78, 5) is 20.2. The minimum Gasteiger partial charge on any atom is -0.469 e. The molecule has 0 aliphatic heterocycles. The first-order valence-electron chi connectivity index (χ1n) is 6.40. The summed E-state index contributed by atoms with van der Waals surface area (Å²) in [6.07, 6.45) is 0.243. The molecule has 1 heterocycles. The number of rotatable bonds is 7. The van der Waals surface area contributed by atoms with Crippen LogP contribution in [0.1, 0.15) is 19.5 Å². The van der Waals surface area contributed by atoms with Crippen LogP contribution in [0.4, 0.5) is 5.13 Å². The number of anilines is 1. The third-order valence-electron chi connectivity index (χ3n) is 2.84. The lowest BCUT2D eigenvalue weighted by Gasteiger charge is -2.29. The van der Waals surface area contributed by atoms with Gasteiger partial charge in [-0.25, -0.2) is 4.98 Å². The van der Waals surface area contributed by atoms with Crippen LogP contribution < -0.4 is 4.90 Å². The van der Waals surface area contributed by atoms with Gasteiger partial charge in [0.05, 0.1) is 19.2 Å². The predicted molar refractivity (Wildman–Crippen MR) is 78.9 cm³/mol. The van der Waals surface area contributed by atoms with E-state index in [9.17, 15) is 4.79 Å². The monoisotopic (exact) mass is 285 g/mol. The molecule has 1 unspecified atom stereocenters. The van der Waals surface area contributed by atoms with Gasteiger partial charge in [-0.05, 0) is 27.9 Å². The fraction of sp³-hybridized carbons (Fsp3) is 0.692. The third-order valence-corrected chi connectivity index (χ3v) is 3.77. The van der Waals surface area contributed by atoms with Crippen LogP contribution in [0.2, 0.25) is 0 Å². The number of hydrogen-bond acceptors (Lipinski definition) is 6. The summed E-state index contributed by atoms with van der Waals surface area (Å²) in [7, 11) is 5.52. The van der Waals surface area contributed by atoms with E-state index in [0.717, 1.165) is 23.9 Å². The summed E-state index contributed by atoms with van der Waals surface area (Å²) in [5.41, 5.74) is 0.780. The number of esters is 1. The Balaban J connectivity index is 2.74. The molecule has 0 aromatic carbocycles. The third kappa shape index (κ3) is 4.80. The van der Waals surface area contributed by atoms with E-state index in [1.54, 1.807) is 11.3 Å². The van der Waals surface area contributed by atoms with Crippen LogP contribution in [0.25, 0.3) is 0 Å². The van der Waals surface area contributed by atoms with Gasteiger partial charge >= 0.3 is 5.97 Å². The molecule has 0 aliphatic rings. The van der Waals surface area contributed by atoms with E-state index in [1.807, 2.05) is 5.38 Å². The van der Waals surface area contributed by atoms with E-state index in [0.29, 0.717) is 6.04 Å². The van der Waals surface area contributed by atoms with Gasteiger partial charge in [0.2, 0.25) is 0 Å². The number of methoxy groups -OCH3 is 1. The van der Waals surface area contributed by atoms with Gasteiger partial charge in [0.15, 0.2) is 5.13 Å². The van der Waals surface area contributed by atoms with E-state index in [1.165, 1.54) is 7.11 Å². The second-order valence-electron chi connectivity index (χ2n) is 4.77. The lowest BCUT2D eigenvalue weighted by molar-refractivity contribution is -0.139. The van der Waals surface area contributed by atoms with Crippen molar-refractivity contribution in [3.63, 3.8) is 0 Å². The first-order valence-corrected chi connectivity index (χ1v) is 7.28. The summed E-state index contributed by atoms with van der Waals surface area (Å²) in [6.45, 7) is 6.18. The Labute approximate surface area is 119 Å². The average molecular weight is 285 g/mol. The Hall–Kier alpha value is -1.14. The van der Waals surface area contributed by atoms with Crippen molar-refractivity contribution in [2.45, 2.75) is 26.3 Å². The van der Waals surface area contributed by atoms with Crippen molar-refractivity contribution in [2.24, 2.45) is 0 Å². The number of carbonyl (C=O) groups excluding carboxylic acids is 1. The van der Waals surface area contributed by atoms with Crippen LogP contribution in [-0.4, -0.2) is 56.2 Å². The average Bonchev–Trinajstić information content (AvgIpc) is 2.77. The molecule has 19 heavy (non-hydrogen) atoms. The molecule has 0 fully saturated rings. The zero-order valence-corrected chi connectivity index (χ0v) is 13.2. The molecular weight excluding hydrogens is 262 g/mol. The molecule has 0 spiro atoms. The van der Waals surface area contributed by atoms with Crippen LogP contribution in [0, 0.1) is 0 Å². The second kappa shape index (κ2) is 7.45. The molecule has 0 bridgehead atoms. The molecule has 0 N–H and O–H groups in total. The smallest absolute Gasteiger partial charge is 0.311 e. The Morgan fingerprint density at radius 3 is 2.74 bits per heavy atom. The standard InChI is InChI=1S/C13H23N3O2S/c1-6-16(10(2)8-15(3)4)13-14-11(9-19-13)7-12(17)18-5/h9-10H,6-8H2,1-5H3. The number of aromatic nitrogens is 1. The highest BCUT2D eigenvalue weighted by Gasteiger charge is 2.17. The van der Waals surface area contributed by atoms with Gasteiger partial charge in [-0.3, -0.25) is 4.79 Å². The lowest BCUT2D eigenvalue weighted by Crippen LogP contribution is -2.40. The highest BCUT2D eigenvalue weighted by atomic mass is 32.1. The highest BCUT2D eigenvalue weighted by Crippen LogP contribution is 2.23. The first-order chi connectivity index (χ1) is 8.97. The Kier molecular flexibility index (Phi) is 6.24. The van der Waals surface area contributed by atoms with Gasteiger partial charge in [0.25, 0.3) is 0 Å². The van der Waals surface area contributed by atoms with Crippen molar-refractivity contribution >= 4 is 22.4 Å². The summed E-state index contributed by atoms with van der Waals surface area (Å²) in [5, 5.41) is 2.90. The van der Waals surface area contributed by atoms with Gasteiger partial charge in [0, 0.05) is 24.5 Å². The minimum absolute atomic E-state index is 0.243. The van der Waals surface area contributed by atoms with E-state index in [4.69, 9.17) is 0 Å². The molecule has 5 nitrogen and oxygen atoms in total. The molecule has 0 amide bonds. The fourth-order valence-electron chi connectivity index (χ4n) is 1.99. The van der Waals surface area contributed by atoms with E-state index in [-0.39, 0.29) is 12.4 Å². The number of thiazole rings is 1. The summed E-state index contributed by atoms with van der Waals surface area (Å²) in [6, 6.07) is 0.386. The van der Waals surface area contributed by atoms with Gasteiger partial charge in [-0.2, -0.15) is 0 Å². The number of nitrogens with zero attached hydrogens (tertiary/aromatic N) is 3. The lowest BCUT2D eigenvalue weighted by atomic mass is 10.3. The highest BCUT2D eigenvalue weighted by molar-refractivity contribution is 7.13. The summed E-state index contributed by atoms with van der Waals surface area (Å²) < 4.78 is 4.66. The SMILES string of the molecule is CCN(c1nc(CC(=O)OC)cs1)C(C)CN(C)C. The van der Waals surface area contributed by atoms with E-state index in [2.05, 4.69) is 47.5 Å². The molecule has 6 heteroatoms. The van der Waals surface area contributed by atoms with Crippen LogP contribution in [-0.2, 0) is 16.0 Å². The second-order valence-corrected chi connectivity index (χ2v) is 5.61. The molecule has 1 aromatic heterocycles. The molecule has 0 radical (unpaired) electrons. The van der Waals surface area contributed by atoms with E-state index < -0.39 is 0 Å². The summed E-state index contributed by atoms with van der Waals surface area (Å²) in [5.74, 6) is -0.249. The van der Waals surface area contributed by atoms with Crippen molar-refractivity contribution in [3.05, 3.63) is 11.1 Å². The van der Waals surface area contributed by atoms with E-state index >= 15 is 0 Å². The molecule has 0 saturated carbocycles. The normalized spacial score (nSPS) is 12.5. The molecule has 108 valence electrons. The van der Waals surface area contributed by atoms with Crippen LogP contribution >= 0.6 is 11.3 Å². The Bertz CT molecular complexity index is 406. The van der Waals surface area contributed by atoms with Crippen LogP contribution in [0.15, 0.2) is 5.38 Å². The Morgan fingerprint density at radius 2 is 2.21 bits per heavy atom.